The molecule has 0 spiro atoms. The van der Waals surface area contributed by atoms with Crippen molar-refractivity contribution in [1.29, 1.82) is 0 Å². The number of halogens is 2. The average molecular weight is 313 g/mol. The highest BCUT2D eigenvalue weighted by Crippen LogP contribution is 2.26. The van der Waals surface area contributed by atoms with Crippen LogP contribution in [0, 0.1) is 11.7 Å². The van der Waals surface area contributed by atoms with Gasteiger partial charge in [0.25, 0.3) is 0 Å². The largest absolute Gasteiger partial charge is 0.381 e. The summed E-state index contributed by atoms with van der Waals surface area (Å²) < 4.78 is 18.4. The van der Waals surface area contributed by atoms with Crippen molar-refractivity contribution in [3.8, 4) is 0 Å². The highest BCUT2D eigenvalue weighted by atomic mass is 35.5. The molecule has 1 amide bonds. The third-order valence-corrected chi connectivity index (χ3v) is 4.39. The van der Waals surface area contributed by atoms with Gasteiger partial charge in [-0.15, -0.1) is 0 Å². The molecule has 21 heavy (non-hydrogen) atoms. The fourth-order valence-electron chi connectivity index (χ4n) is 2.85. The molecule has 2 heterocycles. The summed E-state index contributed by atoms with van der Waals surface area (Å²) in [6.45, 7) is 2.74. The first kappa shape index (κ1) is 14.6. The van der Waals surface area contributed by atoms with E-state index in [4.69, 9.17) is 16.3 Å². The zero-order valence-electron chi connectivity index (χ0n) is 11.6. The van der Waals surface area contributed by atoms with E-state index < -0.39 is 5.82 Å². The van der Waals surface area contributed by atoms with E-state index in [-0.39, 0.29) is 22.9 Å². The van der Waals surface area contributed by atoms with Crippen LogP contribution in [-0.2, 0) is 9.53 Å². The second kappa shape index (κ2) is 6.20. The Labute approximate surface area is 128 Å². The number of ether oxygens (including phenoxy) is 1. The van der Waals surface area contributed by atoms with Crippen LogP contribution in [0.25, 0.3) is 0 Å². The van der Waals surface area contributed by atoms with Gasteiger partial charge in [-0.05, 0) is 31.0 Å². The van der Waals surface area contributed by atoms with E-state index in [2.05, 4.69) is 10.2 Å². The van der Waals surface area contributed by atoms with Crippen LogP contribution in [-0.4, -0.2) is 38.3 Å². The summed E-state index contributed by atoms with van der Waals surface area (Å²) in [5, 5.41) is 3.21. The molecule has 0 bridgehead atoms. The van der Waals surface area contributed by atoms with E-state index in [1.54, 1.807) is 12.1 Å². The lowest BCUT2D eigenvalue weighted by molar-refractivity contribution is -0.125. The molecule has 3 rings (SSSR count). The Morgan fingerprint density at radius 1 is 1.43 bits per heavy atom. The van der Waals surface area contributed by atoms with Gasteiger partial charge in [0.2, 0.25) is 5.91 Å². The Hall–Kier alpha value is -1.33. The van der Waals surface area contributed by atoms with Gasteiger partial charge in [-0.1, -0.05) is 11.6 Å². The van der Waals surface area contributed by atoms with E-state index in [1.165, 1.54) is 6.07 Å². The fourth-order valence-corrected chi connectivity index (χ4v) is 3.03. The summed E-state index contributed by atoms with van der Waals surface area (Å²) in [5.74, 6) is -0.346. The first-order chi connectivity index (χ1) is 10.1. The minimum Gasteiger partial charge on any atom is -0.381 e. The lowest BCUT2D eigenvalue weighted by atomic mass is 10.1. The van der Waals surface area contributed by atoms with Gasteiger partial charge in [0, 0.05) is 31.4 Å². The minimum absolute atomic E-state index is 0.0145. The van der Waals surface area contributed by atoms with Crippen molar-refractivity contribution in [2.24, 2.45) is 5.92 Å². The Kier molecular flexibility index (Phi) is 4.31. The number of amides is 1. The second-order valence-corrected chi connectivity index (χ2v) is 6.01. The van der Waals surface area contributed by atoms with Crippen LogP contribution in [0.5, 0.6) is 0 Å². The molecule has 0 aliphatic carbocycles. The lowest BCUT2D eigenvalue weighted by Crippen LogP contribution is -2.40. The second-order valence-electron chi connectivity index (χ2n) is 5.60. The molecule has 2 aliphatic heterocycles. The maximum Gasteiger partial charge on any atom is 0.225 e. The molecule has 1 aromatic carbocycles. The highest BCUT2D eigenvalue weighted by molar-refractivity contribution is 6.31. The van der Waals surface area contributed by atoms with E-state index in [0.29, 0.717) is 13.2 Å². The molecule has 0 unspecified atom stereocenters. The zero-order valence-corrected chi connectivity index (χ0v) is 12.4. The standard InChI is InChI=1S/C15H18ClFN2O2/c16-13-7-12(1-2-14(13)17)19-5-3-11(8-19)18-15(20)10-4-6-21-9-10/h1-2,7,10-11H,3-6,8-9H2,(H,18,20)/t10-,11+/m1/s1. The Morgan fingerprint density at radius 3 is 3.00 bits per heavy atom. The molecule has 2 aliphatic rings. The van der Waals surface area contributed by atoms with Gasteiger partial charge in [0.1, 0.15) is 5.82 Å². The van der Waals surface area contributed by atoms with E-state index >= 15 is 0 Å². The van der Waals surface area contributed by atoms with Crippen molar-refractivity contribution in [3.05, 3.63) is 29.0 Å². The van der Waals surface area contributed by atoms with Crippen molar-refractivity contribution >= 4 is 23.2 Å². The topological polar surface area (TPSA) is 41.6 Å². The Balaban J connectivity index is 1.57. The predicted molar refractivity (Wildman–Crippen MR) is 79.1 cm³/mol. The van der Waals surface area contributed by atoms with Gasteiger partial charge in [0.15, 0.2) is 0 Å². The number of hydrogen-bond acceptors (Lipinski definition) is 3. The van der Waals surface area contributed by atoms with Gasteiger partial charge < -0.3 is 15.0 Å². The SMILES string of the molecule is O=C(N[C@H]1CCN(c2ccc(F)c(Cl)c2)C1)[C@@H]1CCOC1. The third kappa shape index (κ3) is 3.30. The van der Waals surface area contributed by atoms with E-state index in [1.807, 2.05) is 0 Å². The number of anilines is 1. The lowest BCUT2D eigenvalue weighted by Gasteiger charge is -2.20. The average Bonchev–Trinajstić information content (AvgIpc) is 3.12. The van der Waals surface area contributed by atoms with Crippen molar-refractivity contribution in [1.82, 2.24) is 5.32 Å². The number of carbonyl (C=O) groups is 1. The van der Waals surface area contributed by atoms with Crippen LogP contribution < -0.4 is 10.2 Å². The summed E-state index contributed by atoms with van der Waals surface area (Å²) in [5.41, 5.74) is 0.891. The van der Waals surface area contributed by atoms with Gasteiger partial charge in [0.05, 0.1) is 17.5 Å². The molecule has 2 fully saturated rings. The molecule has 2 atom stereocenters. The highest BCUT2D eigenvalue weighted by Gasteiger charge is 2.29. The molecule has 114 valence electrons. The number of nitrogens with zero attached hydrogens (tertiary/aromatic N) is 1. The van der Waals surface area contributed by atoms with Crippen molar-refractivity contribution in [2.45, 2.75) is 18.9 Å². The van der Waals surface area contributed by atoms with Gasteiger partial charge in [-0.25, -0.2) is 4.39 Å². The van der Waals surface area contributed by atoms with E-state index in [9.17, 15) is 9.18 Å². The molecular weight excluding hydrogens is 295 g/mol. The zero-order chi connectivity index (χ0) is 14.8. The molecule has 1 N–H and O–H groups in total. The first-order valence-corrected chi connectivity index (χ1v) is 7.59. The summed E-state index contributed by atoms with van der Waals surface area (Å²) in [7, 11) is 0. The fraction of sp³-hybridized carbons (Fsp3) is 0.533. The van der Waals surface area contributed by atoms with Crippen molar-refractivity contribution in [2.75, 3.05) is 31.2 Å². The number of nitrogens with one attached hydrogen (secondary N) is 1. The summed E-state index contributed by atoms with van der Waals surface area (Å²) >= 11 is 5.81. The number of benzene rings is 1. The maximum absolute atomic E-state index is 13.2. The smallest absolute Gasteiger partial charge is 0.225 e. The summed E-state index contributed by atoms with van der Waals surface area (Å²) in [4.78, 5) is 14.2. The normalized spacial score (nSPS) is 25.3. The molecule has 1 aromatic rings. The predicted octanol–water partition coefficient (Wildman–Crippen LogP) is 2.21. The quantitative estimate of drug-likeness (QED) is 0.930. The third-order valence-electron chi connectivity index (χ3n) is 4.10. The van der Waals surface area contributed by atoms with Crippen LogP contribution in [0.2, 0.25) is 5.02 Å². The van der Waals surface area contributed by atoms with Crippen LogP contribution in [0.4, 0.5) is 10.1 Å². The van der Waals surface area contributed by atoms with Crippen molar-refractivity contribution < 1.29 is 13.9 Å². The van der Waals surface area contributed by atoms with Gasteiger partial charge >= 0.3 is 0 Å². The number of rotatable bonds is 3. The first-order valence-electron chi connectivity index (χ1n) is 7.21. The Bertz CT molecular complexity index is 534. The van der Waals surface area contributed by atoms with E-state index in [0.717, 1.165) is 31.6 Å². The van der Waals surface area contributed by atoms with Crippen LogP contribution >= 0.6 is 11.6 Å². The summed E-state index contributed by atoms with van der Waals surface area (Å²) in [6.07, 6.45) is 1.68. The molecule has 2 saturated heterocycles. The monoisotopic (exact) mass is 312 g/mol. The molecule has 0 saturated carbocycles. The van der Waals surface area contributed by atoms with Gasteiger partial charge in [-0.3, -0.25) is 4.79 Å². The van der Waals surface area contributed by atoms with Crippen LogP contribution in [0.15, 0.2) is 18.2 Å². The molecular formula is C15H18ClFN2O2. The number of carbonyl (C=O) groups excluding carboxylic acids is 1. The van der Waals surface area contributed by atoms with Crippen LogP contribution in [0.3, 0.4) is 0 Å². The van der Waals surface area contributed by atoms with Crippen molar-refractivity contribution in [3.63, 3.8) is 0 Å². The molecule has 6 heteroatoms. The maximum atomic E-state index is 13.2. The van der Waals surface area contributed by atoms with Crippen LogP contribution in [0.1, 0.15) is 12.8 Å². The molecule has 0 aromatic heterocycles. The molecule has 0 radical (unpaired) electrons. The van der Waals surface area contributed by atoms with Gasteiger partial charge in [-0.2, -0.15) is 0 Å². The minimum atomic E-state index is -0.411. The molecule has 4 nitrogen and oxygen atoms in total. The Morgan fingerprint density at radius 2 is 2.29 bits per heavy atom. The summed E-state index contributed by atoms with van der Waals surface area (Å²) in [6, 6.07) is 4.85. The number of hydrogen-bond donors (Lipinski definition) is 1.